The molecule has 0 radical (unpaired) electrons. The molecule has 5 nitrogen and oxygen atoms in total. The lowest BCUT2D eigenvalue weighted by Crippen LogP contribution is -2.22. The zero-order valence-electron chi connectivity index (χ0n) is 11.2. The SMILES string of the molecule is CCC(N)Cc1cccc(F)c1-n1ccc(C(N)=O)n1. The normalized spacial score (nSPS) is 12.3. The Hall–Kier alpha value is -2.21. The van der Waals surface area contributed by atoms with Crippen molar-refractivity contribution in [3.8, 4) is 5.69 Å². The summed E-state index contributed by atoms with van der Waals surface area (Å²) in [6.45, 7) is 1.97. The lowest BCUT2D eigenvalue weighted by Gasteiger charge is -2.14. The van der Waals surface area contributed by atoms with Crippen LogP contribution in [0.25, 0.3) is 5.69 Å². The average molecular weight is 276 g/mol. The van der Waals surface area contributed by atoms with Crippen LogP contribution < -0.4 is 11.5 Å². The van der Waals surface area contributed by atoms with Crippen LogP contribution in [0.15, 0.2) is 30.5 Å². The fourth-order valence-electron chi connectivity index (χ4n) is 1.99. The third-order valence-corrected chi connectivity index (χ3v) is 3.15. The van der Waals surface area contributed by atoms with E-state index in [9.17, 15) is 9.18 Å². The zero-order valence-corrected chi connectivity index (χ0v) is 11.2. The van der Waals surface area contributed by atoms with Crippen LogP contribution in [0.4, 0.5) is 4.39 Å². The van der Waals surface area contributed by atoms with Crippen LogP contribution in [0.2, 0.25) is 0 Å². The minimum Gasteiger partial charge on any atom is -0.364 e. The molecule has 1 unspecified atom stereocenters. The van der Waals surface area contributed by atoms with Gasteiger partial charge in [0.25, 0.3) is 5.91 Å². The van der Waals surface area contributed by atoms with Crippen molar-refractivity contribution in [3.05, 3.63) is 47.5 Å². The number of rotatable bonds is 5. The minimum atomic E-state index is -0.646. The fourth-order valence-corrected chi connectivity index (χ4v) is 1.99. The van der Waals surface area contributed by atoms with Crippen molar-refractivity contribution in [1.82, 2.24) is 9.78 Å². The minimum absolute atomic E-state index is 0.0540. The van der Waals surface area contributed by atoms with Crippen molar-refractivity contribution < 1.29 is 9.18 Å². The smallest absolute Gasteiger partial charge is 0.269 e. The predicted octanol–water partition coefficient (Wildman–Crippen LogP) is 1.39. The van der Waals surface area contributed by atoms with Crippen molar-refractivity contribution >= 4 is 5.91 Å². The lowest BCUT2D eigenvalue weighted by atomic mass is 10.0. The topological polar surface area (TPSA) is 86.9 Å². The number of benzene rings is 1. The Morgan fingerprint density at radius 1 is 1.45 bits per heavy atom. The van der Waals surface area contributed by atoms with Crippen molar-refractivity contribution in [1.29, 1.82) is 0 Å². The van der Waals surface area contributed by atoms with Gasteiger partial charge in [0.05, 0.1) is 0 Å². The molecule has 0 bridgehead atoms. The molecular formula is C14H17FN4O. The molecule has 20 heavy (non-hydrogen) atoms. The van der Waals surface area contributed by atoms with Crippen LogP contribution in [0.5, 0.6) is 0 Å². The first-order chi connectivity index (χ1) is 9.52. The third-order valence-electron chi connectivity index (χ3n) is 3.15. The molecule has 4 N–H and O–H groups in total. The zero-order chi connectivity index (χ0) is 14.7. The Kier molecular flexibility index (Phi) is 4.14. The quantitative estimate of drug-likeness (QED) is 0.865. The van der Waals surface area contributed by atoms with Crippen LogP contribution in [0.3, 0.4) is 0 Å². The second-order valence-electron chi connectivity index (χ2n) is 4.63. The van der Waals surface area contributed by atoms with E-state index in [1.54, 1.807) is 12.1 Å². The Morgan fingerprint density at radius 2 is 2.20 bits per heavy atom. The Balaban J connectivity index is 2.45. The highest BCUT2D eigenvalue weighted by Gasteiger charge is 2.15. The summed E-state index contributed by atoms with van der Waals surface area (Å²) in [4.78, 5) is 11.1. The number of amides is 1. The monoisotopic (exact) mass is 276 g/mol. The van der Waals surface area contributed by atoms with E-state index in [0.717, 1.165) is 12.0 Å². The average Bonchev–Trinajstić information content (AvgIpc) is 2.88. The van der Waals surface area contributed by atoms with Gasteiger partial charge in [-0.05, 0) is 30.5 Å². The van der Waals surface area contributed by atoms with Gasteiger partial charge in [0, 0.05) is 12.2 Å². The van der Waals surface area contributed by atoms with E-state index in [4.69, 9.17) is 11.5 Å². The molecule has 0 aliphatic carbocycles. The molecule has 1 atom stereocenters. The van der Waals surface area contributed by atoms with E-state index in [-0.39, 0.29) is 11.7 Å². The molecule has 0 saturated carbocycles. The molecular weight excluding hydrogens is 259 g/mol. The number of carbonyl (C=O) groups is 1. The standard InChI is InChI=1S/C14H17FN4O/c1-2-10(16)8-9-4-3-5-11(15)13(9)19-7-6-12(18-19)14(17)20/h3-7,10H,2,8,16H2,1H3,(H2,17,20). The molecule has 0 saturated heterocycles. The van der Waals surface area contributed by atoms with Crippen molar-refractivity contribution in [2.45, 2.75) is 25.8 Å². The summed E-state index contributed by atoms with van der Waals surface area (Å²) in [7, 11) is 0. The van der Waals surface area contributed by atoms with E-state index in [2.05, 4.69) is 5.10 Å². The molecule has 0 aliphatic heterocycles. The van der Waals surface area contributed by atoms with Crippen LogP contribution in [0.1, 0.15) is 29.4 Å². The summed E-state index contributed by atoms with van der Waals surface area (Å²) in [5.41, 5.74) is 12.2. The molecule has 0 fully saturated rings. The van der Waals surface area contributed by atoms with E-state index in [1.807, 2.05) is 6.92 Å². The molecule has 6 heteroatoms. The summed E-state index contributed by atoms with van der Waals surface area (Å²) in [5.74, 6) is -1.06. The number of hydrogen-bond donors (Lipinski definition) is 2. The van der Waals surface area contributed by atoms with Crippen molar-refractivity contribution in [2.75, 3.05) is 0 Å². The Bertz CT molecular complexity index is 623. The number of para-hydroxylation sites is 1. The molecule has 0 spiro atoms. The number of halogens is 1. The van der Waals surface area contributed by atoms with Gasteiger partial charge in [-0.25, -0.2) is 9.07 Å². The van der Waals surface area contributed by atoms with E-state index >= 15 is 0 Å². The maximum atomic E-state index is 14.1. The first-order valence-electron chi connectivity index (χ1n) is 6.41. The first kappa shape index (κ1) is 14.2. The van der Waals surface area contributed by atoms with Gasteiger partial charge in [-0.3, -0.25) is 4.79 Å². The van der Waals surface area contributed by atoms with Crippen molar-refractivity contribution in [2.24, 2.45) is 11.5 Å². The summed E-state index contributed by atoms with van der Waals surface area (Å²) >= 11 is 0. The highest BCUT2D eigenvalue weighted by Crippen LogP contribution is 2.20. The number of nitrogens with two attached hydrogens (primary N) is 2. The van der Waals surface area contributed by atoms with Gasteiger partial charge in [-0.2, -0.15) is 5.10 Å². The van der Waals surface area contributed by atoms with E-state index in [1.165, 1.54) is 23.0 Å². The van der Waals surface area contributed by atoms with Crippen LogP contribution in [-0.2, 0) is 6.42 Å². The molecule has 1 heterocycles. The summed E-state index contributed by atoms with van der Waals surface area (Å²) in [5, 5.41) is 4.00. The summed E-state index contributed by atoms with van der Waals surface area (Å²) in [6, 6.07) is 6.19. The molecule has 0 aliphatic rings. The van der Waals surface area contributed by atoms with Crippen molar-refractivity contribution in [3.63, 3.8) is 0 Å². The molecule has 1 aromatic carbocycles. The number of hydrogen-bond acceptors (Lipinski definition) is 3. The van der Waals surface area contributed by atoms with Crippen LogP contribution in [-0.4, -0.2) is 21.7 Å². The maximum absolute atomic E-state index is 14.1. The van der Waals surface area contributed by atoms with Gasteiger partial charge in [0.2, 0.25) is 0 Å². The predicted molar refractivity (Wildman–Crippen MR) is 74.0 cm³/mol. The Morgan fingerprint density at radius 3 is 2.80 bits per heavy atom. The molecule has 2 rings (SSSR count). The van der Waals surface area contributed by atoms with E-state index in [0.29, 0.717) is 12.1 Å². The van der Waals surface area contributed by atoms with Gasteiger partial charge in [0.1, 0.15) is 17.2 Å². The number of carbonyl (C=O) groups excluding carboxylic acids is 1. The second kappa shape index (κ2) is 5.83. The van der Waals surface area contributed by atoms with Gasteiger partial charge in [0.15, 0.2) is 0 Å². The van der Waals surface area contributed by atoms with Gasteiger partial charge >= 0.3 is 0 Å². The maximum Gasteiger partial charge on any atom is 0.269 e. The lowest BCUT2D eigenvalue weighted by molar-refractivity contribution is 0.0995. The van der Waals surface area contributed by atoms with Gasteiger partial charge < -0.3 is 11.5 Å². The number of primary amides is 1. The molecule has 2 aromatic rings. The molecule has 1 amide bonds. The van der Waals surface area contributed by atoms with Gasteiger partial charge in [-0.1, -0.05) is 19.1 Å². The third kappa shape index (κ3) is 2.85. The summed E-state index contributed by atoms with van der Waals surface area (Å²) < 4.78 is 15.4. The molecule has 106 valence electrons. The summed E-state index contributed by atoms with van der Waals surface area (Å²) in [6.07, 6.45) is 2.84. The second-order valence-corrected chi connectivity index (χ2v) is 4.63. The largest absolute Gasteiger partial charge is 0.364 e. The van der Waals surface area contributed by atoms with Crippen LogP contribution >= 0.6 is 0 Å². The van der Waals surface area contributed by atoms with E-state index < -0.39 is 11.7 Å². The fraction of sp³-hybridized carbons (Fsp3) is 0.286. The molecule has 1 aromatic heterocycles. The highest BCUT2D eigenvalue weighted by molar-refractivity contribution is 5.90. The Labute approximate surface area is 116 Å². The highest BCUT2D eigenvalue weighted by atomic mass is 19.1. The number of nitrogens with zero attached hydrogens (tertiary/aromatic N) is 2. The first-order valence-corrected chi connectivity index (χ1v) is 6.41. The van der Waals surface area contributed by atoms with Crippen LogP contribution in [0, 0.1) is 5.82 Å². The number of aromatic nitrogens is 2. The van der Waals surface area contributed by atoms with Gasteiger partial charge in [-0.15, -0.1) is 0 Å².